The van der Waals surface area contributed by atoms with Gasteiger partial charge in [-0.05, 0) is 0 Å². The minimum atomic E-state index is -4.42. The van der Waals surface area contributed by atoms with Crippen molar-refractivity contribution in [3.05, 3.63) is 0 Å². The molecule has 0 saturated carbocycles. The van der Waals surface area contributed by atoms with Gasteiger partial charge in [-0.15, -0.1) is 0 Å². The van der Waals surface area contributed by atoms with Gasteiger partial charge in [0.25, 0.3) is 0 Å². The molecule has 0 aromatic carbocycles. The summed E-state index contributed by atoms with van der Waals surface area (Å²) in [6.07, 6.45) is -3.36. The highest BCUT2D eigenvalue weighted by Crippen LogP contribution is 2.38. The van der Waals surface area contributed by atoms with Gasteiger partial charge in [-0.25, -0.2) is 0 Å². The lowest BCUT2D eigenvalue weighted by atomic mass is 10.2. The molecule has 0 saturated heterocycles. The van der Waals surface area contributed by atoms with Crippen LogP contribution in [0, 0.1) is 0 Å². The summed E-state index contributed by atoms with van der Waals surface area (Å²) in [6.45, 7) is 0. The largest absolute Gasteiger partial charge is 0.391 e. The number of nitrogens with two attached hydrogens (primary N) is 1. The topological polar surface area (TPSA) is 161 Å². The molecule has 0 heterocycles. The molecule has 0 fully saturated rings. The summed E-state index contributed by atoms with van der Waals surface area (Å²) in [7, 11) is -8.80. The summed E-state index contributed by atoms with van der Waals surface area (Å²) >= 11 is 0. The Morgan fingerprint density at radius 1 is 1.00 bits per heavy atom. The molecule has 8 nitrogen and oxygen atoms in total. The van der Waals surface area contributed by atoms with Crippen molar-refractivity contribution in [1.82, 2.24) is 0 Å². The van der Waals surface area contributed by atoms with Gasteiger partial charge in [0.1, 0.15) is 0 Å². The van der Waals surface area contributed by atoms with E-state index < -0.39 is 39.7 Å². The first-order valence-electron chi connectivity index (χ1n) is 3.54. The molecule has 0 aromatic heterocycles. The van der Waals surface area contributed by atoms with Crippen molar-refractivity contribution in [2.45, 2.75) is 12.1 Å². The first-order chi connectivity index (χ1) is 6.01. The maximum absolute atomic E-state index is 10.4. The molecule has 14 heavy (non-hydrogen) atoms. The standard InChI is InChI=1S/C4H13NO7P2/c5-3(1-13(7,8)9)4(6)2-14(10,11)12/h3-4,6H,1-2,5H2,(H2,7,8,9)(H2,10,11,12). The maximum Gasteiger partial charge on any atom is 0.328 e. The van der Waals surface area contributed by atoms with E-state index in [4.69, 9.17) is 30.4 Å². The van der Waals surface area contributed by atoms with Crippen molar-refractivity contribution in [2.24, 2.45) is 5.73 Å². The van der Waals surface area contributed by atoms with Gasteiger partial charge in [-0.3, -0.25) is 9.13 Å². The van der Waals surface area contributed by atoms with Crippen LogP contribution in [0.1, 0.15) is 0 Å². The molecule has 0 radical (unpaired) electrons. The van der Waals surface area contributed by atoms with Gasteiger partial charge in [-0.1, -0.05) is 0 Å². The first-order valence-corrected chi connectivity index (χ1v) is 7.13. The first kappa shape index (κ1) is 14.2. The van der Waals surface area contributed by atoms with Crippen molar-refractivity contribution in [2.75, 3.05) is 12.3 Å². The van der Waals surface area contributed by atoms with Gasteiger partial charge < -0.3 is 30.4 Å². The molecular formula is C4H13NO7P2. The highest BCUT2D eigenvalue weighted by molar-refractivity contribution is 7.52. The molecule has 0 aliphatic carbocycles. The number of aliphatic hydroxyl groups excluding tert-OH is 1. The zero-order valence-corrected chi connectivity index (χ0v) is 8.88. The summed E-state index contributed by atoms with van der Waals surface area (Å²) in [4.78, 5) is 33.8. The van der Waals surface area contributed by atoms with Crippen LogP contribution in [-0.2, 0) is 9.13 Å². The summed E-state index contributed by atoms with van der Waals surface area (Å²) < 4.78 is 20.8. The van der Waals surface area contributed by atoms with Gasteiger partial charge in [0.05, 0.1) is 18.4 Å². The van der Waals surface area contributed by atoms with E-state index in [2.05, 4.69) is 0 Å². The molecule has 0 aromatic rings. The number of aliphatic hydroxyl groups is 1. The van der Waals surface area contributed by atoms with Gasteiger partial charge in [0, 0.05) is 6.04 Å². The SMILES string of the molecule is NC(CP(=O)(O)O)C(O)CP(=O)(O)O. The summed E-state index contributed by atoms with van der Waals surface area (Å²) in [6, 6.07) is -1.36. The molecule has 7 N–H and O–H groups in total. The second-order valence-corrected chi connectivity index (χ2v) is 6.31. The van der Waals surface area contributed by atoms with Crippen LogP contribution in [0.3, 0.4) is 0 Å². The van der Waals surface area contributed by atoms with E-state index in [0.29, 0.717) is 0 Å². The van der Waals surface area contributed by atoms with E-state index in [1.807, 2.05) is 0 Å². The molecule has 0 spiro atoms. The molecule has 0 amide bonds. The quantitative estimate of drug-likeness (QED) is 0.306. The van der Waals surface area contributed by atoms with Crippen molar-refractivity contribution in [3.8, 4) is 0 Å². The lowest BCUT2D eigenvalue weighted by molar-refractivity contribution is 0.163. The zero-order valence-electron chi connectivity index (χ0n) is 7.09. The predicted octanol–water partition coefficient (Wildman–Crippen LogP) is -1.97. The monoisotopic (exact) mass is 249 g/mol. The lowest BCUT2D eigenvalue weighted by Crippen LogP contribution is -2.40. The van der Waals surface area contributed by atoms with E-state index in [1.165, 1.54) is 0 Å². The molecule has 0 bridgehead atoms. The fourth-order valence-corrected chi connectivity index (χ4v) is 2.33. The van der Waals surface area contributed by atoms with Crippen LogP contribution in [0.15, 0.2) is 0 Å². The van der Waals surface area contributed by atoms with E-state index in [9.17, 15) is 9.13 Å². The van der Waals surface area contributed by atoms with Crippen LogP contribution < -0.4 is 5.73 Å². The third-order valence-electron chi connectivity index (χ3n) is 1.37. The molecule has 0 rings (SSSR count). The minimum absolute atomic E-state index is 0.811. The van der Waals surface area contributed by atoms with Gasteiger partial charge >= 0.3 is 15.2 Å². The van der Waals surface area contributed by atoms with Crippen LogP contribution >= 0.6 is 15.2 Å². The van der Waals surface area contributed by atoms with E-state index in [1.54, 1.807) is 0 Å². The third kappa shape index (κ3) is 7.61. The van der Waals surface area contributed by atoms with E-state index in [0.717, 1.165) is 0 Å². The summed E-state index contributed by atoms with van der Waals surface area (Å²) in [5.41, 5.74) is 5.12. The Kier molecular flexibility index (Phi) is 4.90. The fourth-order valence-electron chi connectivity index (χ4n) is 0.775. The average Bonchev–Trinajstić information content (AvgIpc) is 1.78. The van der Waals surface area contributed by atoms with Crippen LogP contribution in [0.5, 0.6) is 0 Å². The smallest absolute Gasteiger partial charge is 0.328 e. The van der Waals surface area contributed by atoms with E-state index >= 15 is 0 Å². The Morgan fingerprint density at radius 2 is 1.36 bits per heavy atom. The molecule has 10 heteroatoms. The predicted molar refractivity (Wildman–Crippen MR) is 47.8 cm³/mol. The normalized spacial score (nSPS) is 17.9. The van der Waals surface area contributed by atoms with Crippen LogP contribution in [-0.4, -0.2) is 49.1 Å². The van der Waals surface area contributed by atoms with Crippen molar-refractivity contribution in [3.63, 3.8) is 0 Å². The minimum Gasteiger partial charge on any atom is -0.391 e. The fraction of sp³-hybridized carbons (Fsp3) is 1.00. The van der Waals surface area contributed by atoms with Crippen LogP contribution in [0.2, 0.25) is 0 Å². The lowest BCUT2D eigenvalue weighted by Gasteiger charge is -2.19. The molecule has 86 valence electrons. The van der Waals surface area contributed by atoms with Crippen LogP contribution in [0.4, 0.5) is 0 Å². The molecule has 0 aliphatic heterocycles. The van der Waals surface area contributed by atoms with Gasteiger partial charge in [-0.2, -0.15) is 0 Å². The zero-order chi connectivity index (χ0) is 11.6. The Bertz CT molecular complexity index is 241. The second-order valence-electron chi connectivity index (χ2n) is 2.93. The molecular weight excluding hydrogens is 236 g/mol. The maximum atomic E-state index is 10.4. The van der Waals surface area contributed by atoms with Gasteiger partial charge in [0.2, 0.25) is 0 Å². The Balaban J connectivity index is 4.20. The van der Waals surface area contributed by atoms with E-state index in [-0.39, 0.29) is 0 Å². The molecule has 0 aliphatic rings. The average molecular weight is 249 g/mol. The number of rotatable bonds is 5. The van der Waals surface area contributed by atoms with Crippen molar-refractivity contribution >= 4 is 15.2 Å². The summed E-state index contributed by atoms with van der Waals surface area (Å²) in [5.74, 6) is 0. The summed E-state index contributed by atoms with van der Waals surface area (Å²) in [5, 5.41) is 9.06. The van der Waals surface area contributed by atoms with Crippen molar-refractivity contribution in [1.29, 1.82) is 0 Å². The molecule has 2 atom stereocenters. The highest BCUT2D eigenvalue weighted by atomic mass is 31.2. The van der Waals surface area contributed by atoms with Gasteiger partial charge in [0.15, 0.2) is 0 Å². The second kappa shape index (κ2) is 4.83. The Morgan fingerprint density at radius 3 is 1.64 bits per heavy atom. The highest BCUT2D eigenvalue weighted by Gasteiger charge is 2.29. The van der Waals surface area contributed by atoms with Crippen molar-refractivity contribution < 1.29 is 33.8 Å². The Hall–Kier alpha value is 0.220. The van der Waals surface area contributed by atoms with Crippen LogP contribution in [0.25, 0.3) is 0 Å². The Labute approximate surface area is 80.1 Å². The molecule has 2 unspecified atom stereocenters. The number of hydrogen-bond donors (Lipinski definition) is 6. The number of hydrogen-bond acceptors (Lipinski definition) is 4. The third-order valence-corrected chi connectivity index (χ3v) is 3.11.